The van der Waals surface area contributed by atoms with E-state index in [2.05, 4.69) is 15.3 Å². The Morgan fingerprint density at radius 1 is 0.972 bits per heavy atom. The Bertz CT molecular complexity index is 1620. The number of carbonyl (C=O) groups excluding carboxylic acids is 2. The monoisotopic (exact) mass is 482 g/mol. The van der Waals surface area contributed by atoms with Crippen molar-refractivity contribution >= 4 is 33.7 Å². The van der Waals surface area contributed by atoms with Gasteiger partial charge in [0.2, 0.25) is 0 Å². The minimum absolute atomic E-state index is 0.160. The highest BCUT2D eigenvalue weighted by Crippen LogP contribution is 2.20. The summed E-state index contributed by atoms with van der Waals surface area (Å²) in [5, 5.41) is 9.05. The van der Waals surface area contributed by atoms with E-state index in [0.29, 0.717) is 33.9 Å². The van der Waals surface area contributed by atoms with Gasteiger partial charge in [-0.1, -0.05) is 53.7 Å². The lowest BCUT2D eigenvalue weighted by Crippen LogP contribution is -2.23. The molecule has 0 aliphatic carbocycles. The average Bonchev–Trinajstić information content (AvgIpc) is 3.39. The van der Waals surface area contributed by atoms with Gasteiger partial charge in [0, 0.05) is 22.7 Å². The Morgan fingerprint density at radius 2 is 1.72 bits per heavy atom. The number of methoxy groups -OCH3 is 1. The molecule has 0 aliphatic rings. The molecule has 1 atom stereocenters. The third-order valence-corrected chi connectivity index (χ3v) is 5.93. The summed E-state index contributed by atoms with van der Waals surface area (Å²) < 4.78 is 11.8. The van der Waals surface area contributed by atoms with Gasteiger partial charge in [-0.05, 0) is 29.8 Å². The maximum Gasteiger partial charge on any atom is 0.340 e. The minimum atomic E-state index is -0.717. The molecule has 0 saturated heterocycles. The van der Waals surface area contributed by atoms with E-state index in [1.165, 1.54) is 11.8 Å². The van der Waals surface area contributed by atoms with E-state index >= 15 is 0 Å². The summed E-state index contributed by atoms with van der Waals surface area (Å²) in [7, 11) is 1.32. The second-order valence-electron chi connectivity index (χ2n) is 8.22. The molecule has 0 amide bonds. The number of benzene rings is 3. The van der Waals surface area contributed by atoms with Gasteiger partial charge < -0.3 is 14.5 Å². The molecule has 2 aromatic heterocycles. The number of pyridine rings is 1. The van der Waals surface area contributed by atoms with Crippen LogP contribution in [-0.4, -0.2) is 39.0 Å². The van der Waals surface area contributed by atoms with Crippen molar-refractivity contribution in [3.8, 4) is 0 Å². The highest BCUT2D eigenvalue weighted by atomic mass is 16.5. The van der Waals surface area contributed by atoms with E-state index in [-0.39, 0.29) is 17.6 Å². The molecule has 1 N–H and O–H groups in total. The molecule has 9 nitrogen and oxygen atoms in total. The van der Waals surface area contributed by atoms with Crippen LogP contribution in [0.5, 0.6) is 0 Å². The van der Waals surface area contributed by atoms with Gasteiger partial charge in [0.05, 0.1) is 24.4 Å². The first-order valence-corrected chi connectivity index (χ1v) is 11.3. The number of aromatic nitrogens is 4. The number of fused-ring (bicyclic) bond motifs is 2. The zero-order valence-electron chi connectivity index (χ0n) is 19.4. The number of rotatable bonds is 7. The van der Waals surface area contributed by atoms with Crippen LogP contribution in [-0.2, 0) is 27.3 Å². The van der Waals surface area contributed by atoms with E-state index < -0.39 is 18.0 Å². The number of para-hydroxylation sites is 2. The molecular weight excluding hydrogens is 460 g/mol. The third kappa shape index (κ3) is 4.46. The molecule has 5 rings (SSSR count). The number of ether oxygens (including phenoxy) is 2. The van der Waals surface area contributed by atoms with Gasteiger partial charge in [-0.2, -0.15) is 0 Å². The van der Waals surface area contributed by atoms with Gasteiger partial charge in [0.15, 0.2) is 11.5 Å². The highest BCUT2D eigenvalue weighted by molar-refractivity contribution is 6.05. The Kier molecular flexibility index (Phi) is 6.27. The topological polar surface area (TPSA) is 116 Å². The quantitative estimate of drug-likeness (QED) is 0.278. The molecule has 3 aromatic carbocycles. The molecule has 0 unspecified atom stereocenters. The first-order valence-electron chi connectivity index (χ1n) is 11.3. The number of nitrogens with one attached hydrogen (secondary N) is 1. The second-order valence-corrected chi connectivity index (χ2v) is 8.22. The zero-order chi connectivity index (χ0) is 25.1. The predicted octanol–water partition coefficient (Wildman–Crippen LogP) is 3.59. The summed E-state index contributed by atoms with van der Waals surface area (Å²) in [6, 6.07) is 20.8. The van der Waals surface area contributed by atoms with Gasteiger partial charge in [-0.25, -0.2) is 14.3 Å². The van der Waals surface area contributed by atoms with Gasteiger partial charge in [0.25, 0.3) is 0 Å². The fourth-order valence-corrected chi connectivity index (χ4v) is 4.12. The summed E-state index contributed by atoms with van der Waals surface area (Å²) in [5.41, 5.74) is 2.41. The van der Waals surface area contributed by atoms with Crippen LogP contribution in [0.1, 0.15) is 27.7 Å². The van der Waals surface area contributed by atoms with Crippen molar-refractivity contribution in [3.05, 3.63) is 106 Å². The molecule has 0 bridgehead atoms. The highest BCUT2D eigenvalue weighted by Gasteiger charge is 2.24. The Morgan fingerprint density at radius 3 is 2.53 bits per heavy atom. The summed E-state index contributed by atoms with van der Waals surface area (Å²) >= 11 is 0. The predicted molar refractivity (Wildman–Crippen MR) is 132 cm³/mol. The number of hydrogen-bond acceptors (Lipinski definition) is 7. The second kappa shape index (κ2) is 9.83. The lowest BCUT2D eigenvalue weighted by atomic mass is 10.1. The molecule has 0 radical (unpaired) electrons. The van der Waals surface area contributed by atoms with Gasteiger partial charge in [0.1, 0.15) is 12.3 Å². The number of nitrogens with zero attached hydrogens (tertiary/aromatic N) is 3. The van der Waals surface area contributed by atoms with Crippen LogP contribution in [0.4, 0.5) is 0 Å². The molecule has 36 heavy (non-hydrogen) atoms. The number of aromatic amines is 1. The van der Waals surface area contributed by atoms with E-state index in [1.807, 2.05) is 36.4 Å². The first-order chi connectivity index (χ1) is 17.5. The number of hydrogen-bond donors (Lipinski definition) is 1. The molecule has 2 heterocycles. The maximum absolute atomic E-state index is 12.9. The molecule has 0 saturated carbocycles. The third-order valence-electron chi connectivity index (χ3n) is 5.93. The lowest BCUT2D eigenvalue weighted by molar-refractivity contribution is -0.144. The van der Waals surface area contributed by atoms with Crippen molar-refractivity contribution in [2.45, 2.75) is 19.1 Å². The summed E-state index contributed by atoms with van der Waals surface area (Å²) in [6.07, 6.45) is 1.92. The van der Waals surface area contributed by atoms with Crippen molar-refractivity contribution in [2.24, 2.45) is 0 Å². The zero-order valence-corrected chi connectivity index (χ0v) is 19.4. The molecule has 5 aromatic rings. The molecule has 9 heteroatoms. The number of esters is 2. The Hall–Kier alpha value is -4.79. The van der Waals surface area contributed by atoms with Gasteiger partial charge in [-0.3, -0.25) is 4.79 Å². The minimum Gasteiger partial charge on any atom is -0.467 e. The van der Waals surface area contributed by atoms with Crippen molar-refractivity contribution in [1.29, 1.82) is 0 Å². The van der Waals surface area contributed by atoms with E-state index in [9.17, 15) is 14.4 Å². The van der Waals surface area contributed by atoms with E-state index in [1.54, 1.807) is 42.6 Å². The number of H-pyrrole nitrogens is 1. The van der Waals surface area contributed by atoms with Crippen LogP contribution in [0.15, 0.2) is 83.8 Å². The first kappa shape index (κ1) is 23.0. The summed E-state index contributed by atoms with van der Waals surface area (Å²) in [6.45, 7) is -0.160. The molecule has 0 aliphatic heterocycles. The molecule has 0 fully saturated rings. The van der Waals surface area contributed by atoms with Crippen molar-refractivity contribution in [3.63, 3.8) is 0 Å². The Balaban J connectivity index is 1.36. The smallest absolute Gasteiger partial charge is 0.340 e. The number of carbonyl (C=O) groups is 2. The van der Waals surface area contributed by atoms with Crippen LogP contribution >= 0.6 is 0 Å². The van der Waals surface area contributed by atoms with Crippen LogP contribution in [0, 0.1) is 0 Å². The van der Waals surface area contributed by atoms with Crippen LogP contribution in [0.3, 0.4) is 0 Å². The van der Waals surface area contributed by atoms with Gasteiger partial charge in [-0.15, -0.1) is 5.10 Å². The maximum atomic E-state index is 12.9. The van der Waals surface area contributed by atoms with Crippen LogP contribution < -0.4 is 5.43 Å². The fourth-order valence-electron chi connectivity index (χ4n) is 4.12. The molecule has 180 valence electrons. The average molecular weight is 482 g/mol. The standard InChI is InChI=1S/C27H22N4O5/c1-35-27(34)23(14-17-8-3-2-4-9-17)31-15-18(29-30-31)16-36-26(33)21-12-7-11-20-24(21)28-22-13-6-5-10-19(22)25(20)32/h2-13,15,23H,14,16H2,1H3,(H,28,32)/t23-/m0/s1. The van der Waals surface area contributed by atoms with Crippen LogP contribution in [0.25, 0.3) is 21.8 Å². The Labute approximate surface area is 205 Å². The van der Waals surface area contributed by atoms with E-state index in [0.717, 1.165) is 5.56 Å². The van der Waals surface area contributed by atoms with Gasteiger partial charge >= 0.3 is 11.9 Å². The molecular formula is C27H22N4O5. The largest absolute Gasteiger partial charge is 0.467 e. The molecule has 0 spiro atoms. The summed E-state index contributed by atoms with van der Waals surface area (Å²) in [5.74, 6) is -1.07. The van der Waals surface area contributed by atoms with Crippen molar-refractivity contribution in [2.75, 3.05) is 7.11 Å². The summed E-state index contributed by atoms with van der Waals surface area (Å²) in [4.78, 5) is 41.4. The normalized spacial score (nSPS) is 11.9. The lowest BCUT2D eigenvalue weighted by Gasteiger charge is -2.14. The van der Waals surface area contributed by atoms with Crippen molar-refractivity contribution < 1.29 is 19.1 Å². The van der Waals surface area contributed by atoms with Crippen LogP contribution in [0.2, 0.25) is 0 Å². The van der Waals surface area contributed by atoms with E-state index in [4.69, 9.17) is 9.47 Å². The van der Waals surface area contributed by atoms with Crippen molar-refractivity contribution in [1.82, 2.24) is 20.0 Å². The fraction of sp³-hybridized carbons (Fsp3) is 0.148. The SMILES string of the molecule is COC(=O)[C@H](Cc1ccccc1)n1cc(COC(=O)c2cccc3c(=O)c4ccccc4[nH]c23)nn1.